The van der Waals surface area contributed by atoms with Crippen LogP contribution in [0.4, 0.5) is 38.9 Å². The summed E-state index contributed by atoms with van der Waals surface area (Å²) in [6.07, 6.45) is 7.70. The van der Waals surface area contributed by atoms with Crippen molar-refractivity contribution in [1.82, 2.24) is 15.0 Å². The molecule has 2 aromatic heterocycles. The summed E-state index contributed by atoms with van der Waals surface area (Å²) in [6, 6.07) is 19.5. The average molecular weight is 513 g/mol. The molecule has 3 heterocycles. The number of hydrazone groups is 1. The molecule has 9 nitrogen and oxygen atoms in total. The van der Waals surface area contributed by atoms with Gasteiger partial charge in [0.15, 0.2) is 11.6 Å². The second-order valence-electron chi connectivity index (χ2n) is 8.82. The summed E-state index contributed by atoms with van der Waals surface area (Å²) in [4.78, 5) is 14.7. The molecule has 3 N–H and O–H groups in total. The third-order valence-corrected chi connectivity index (χ3v) is 6.04. The van der Waals surface area contributed by atoms with Gasteiger partial charge in [0, 0.05) is 36.2 Å². The number of pyridine rings is 1. The summed E-state index contributed by atoms with van der Waals surface area (Å²) in [5.74, 6) is 0.923. The second-order valence-corrected chi connectivity index (χ2v) is 8.82. The Labute approximate surface area is 220 Å². The Morgan fingerprint density at radius 1 is 0.868 bits per heavy atom. The van der Waals surface area contributed by atoms with Gasteiger partial charge < -0.3 is 20.3 Å². The molecule has 1 fully saturated rings. The van der Waals surface area contributed by atoms with Gasteiger partial charge in [0.1, 0.15) is 5.75 Å². The molecular formula is C28H29FN8O. The van der Waals surface area contributed by atoms with E-state index >= 15 is 0 Å². The summed E-state index contributed by atoms with van der Waals surface area (Å²) in [5, 5.41) is 10.9. The maximum atomic E-state index is 14.2. The zero-order chi connectivity index (χ0) is 26.2. The molecule has 1 aliphatic heterocycles. The van der Waals surface area contributed by atoms with E-state index in [9.17, 15) is 4.39 Å². The number of methoxy groups -OCH3 is 1. The summed E-state index contributed by atoms with van der Waals surface area (Å²) < 4.78 is 19.5. The van der Waals surface area contributed by atoms with E-state index in [0.29, 0.717) is 11.5 Å². The minimum Gasteiger partial charge on any atom is -0.497 e. The van der Waals surface area contributed by atoms with Gasteiger partial charge in [0.05, 0.1) is 37.1 Å². The van der Waals surface area contributed by atoms with Crippen molar-refractivity contribution in [2.24, 2.45) is 5.10 Å². The van der Waals surface area contributed by atoms with E-state index in [2.05, 4.69) is 36.1 Å². The number of aromatic nitrogens is 3. The number of hydrogen-bond acceptors (Lipinski definition) is 9. The van der Waals surface area contributed by atoms with Gasteiger partial charge in [-0.05, 0) is 61.7 Å². The van der Waals surface area contributed by atoms with Crippen molar-refractivity contribution in [1.29, 1.82) is 0 Å². The van der Waals surface area contributed by atoms with Crippen LogP contribution < -0.4 is 25.7 Å². The fraction of sp³-hybridized carbons (Fsp3) is 0.214. The third kappa shape index (κ3) is 6.52. The van der Waals surface area contributed by atoms with E-state index in [-0.39, 0.29) is 5.95 Å². The molecule has 0 spiro atoms. The molecule has 0 radical (unpaired) electrons. The lowest BCUT2D eigenvalue weighted by atomic mass is 10.1. The maximum absolute atomic E-state index is 14.2. The summed E-state index contributed by atoms with van der Waals surface area (Å²) in [6.45, 7) is 1.59. The average Bonchev–Trinajstić information content (AvgIpc) is 2.96. The van der Waals surface area contributed by atoms with Gasteiger partial charge in [0.25, 0.3) is 0 Å². The monoisotopic (exact) mass is 512 g/mol. The first kappa shape index (κ1) is 24.9. The zero-order valence-corrected chi connectivity index (χ0v) is 21.1. The number of hydrogen-bond donors (Lipinski definition) is 3. The van der Waals surface area contributed by atoms with Gasteiger partial charge in [-0.3, -0.25) is 4.98 Å². The Kier molecular flexibility index (Phi) is 7.88. The molecule has 0 saturated carbocycles. The van der Waals surface area contributed by atoms with E-state index in [1.165, 1.54) is 6.20 Å². The van der Waals surface area contributed by atoms with E-state index in [1.807, 2.05) is 65.6 Å². The lowest BCUT2D eigenvalue weighted by Gasteiger charge is -2.27. The Hall–Kier alpha value is -4.73. The minimum atomic E-state index is -0.423. The highest BCUT2D eigenvalue weighted by Gasteiger charge is 2.17. The van der Waals surface area contributed by atoms with Crippen molar-refractivity contribution in [3.63, 3.8) is 0 Å². The summed E-state index contributed by atoms with van der Waals surface area (Å²) in [5.41, 5.74) is 7.05. The molecule has 38 heavy (non-hydrogen) atoms. The first-order valence-electron chi connectivity index (χ1n) is 12.5. The van der Waals surface area contributed by atoms with Crippen LogP contribution in [0.2, 0.25) is 0 Å². The predicted octanol–water partition coefficient (Wildman–Crippen LogP) is 5.94. The van der Waals surface area contributed by atoms with Gasteiger partial charge in [-0.2, -0.15) is 10.1 Å². The van der Waals surface area contributed by atoms with Crippen molar-refractivity contribution in [2.75, 3.05) is 41.2 Å². The van der Waals surface area contributed by atoms with Gasteiger partial charge >= 0.3 is 0 Å². The molecule has 0 atom stereocenters. The third-order valence-electron chi connectivity index (χ3n) is 6.04. The van der Waals surface area contributed by atoms with Crippen LogP contribution in [0.1, 0.15) is 25.0 Å². The Morgan fingerprint density at radius 3 is 2.34 bits per heavy atom. The molecule has 2 aromatic carbocycles. The molecular weight excluding hydrogens is 483 g/mol. The Balaban J connectivity index is 1.18. The van der Waals surface area contributed by atoms with Gasteiger partial charge in [-0.25, -0.2) is 14.8 Å². The number of nitrogens with zero attached hydrogens (tertiary/aromatic N) is 5. The number of halogens is 1. The minimum absolute atomic E-state index is 0.240. The van der Waals surface area contributed by atoms with Crippen molar-refractivity contribution >= 4 is 40.7 Å². The van der Waals surface area contributed by atoms with E-state index in [4.69, 9.17) is 4.74 Å². The van der Waals surface area contributed by atoms with Crippen LogP contribution in [0.15, 0.2) is 78.2 Å². The molecule has 1 aliphatic rings. The molecule has 10 heteroatoms. The highest BCUT2D eigenvalue weighted by molar-refractivity contribution is 5.78. The lowest BCUT2D eigenvalue weighted by Crippen LogP contribution is -2.31. The van der Waals surface area contributed by atoms with Crippen LogP contribution in [0.25, 0.3) is 0 Å². The SMILES string of the molecule is COc1cccc(Nc2cccc(Nc3ccc(/C=N/Nc4ncc(F)c(N5CCCCC5)n4)nc3)c2)c1. The first-order chi connectivity index (χ1) is 18.7. The van der Waals surface area contributed by atoms with Crippen molar-refractivity contribution in [3.05, 3.63) is 84.6 Å². The Bertz CT molecular complexity index is 1390. The number of piperidine rings is 1. The van der Waals surface area contributed by atoms with Crippen molar-refractivity contribution in [3.8, 4) is 5.75 Å². The van der Waals surface area contributed by atoms with Crippen molar-refractivity contribution < 1.29 is 9.13 Å². The highest BCUT2D eigenvalue weighted by atomic mass is 19.1. The molecule has 0 aliphatic carbocycles. The highest BCUT2D eigenvalue weighted by Crippen LogP contribution is 2.25. The standard InChI is InChI=1S/C28H29FN8O/c1-38-25-10-6-9-22(16-25)33-20-7-5-8-21(15-20)34-24-12-11-23(30-17-24)18-32-36-28-31-19-26(29)27(35-28)37-13-3-2-4-14-37/h5-12,15-19,33-34H,2-4,13-14H2,1H3,(H,31,35,36)/b32-18+. The number of rotatable bonds is 9. The molecule has 1 saturated heterocycles. The summed E-state index contributed by atoms with van der Waals surface area (Å²) >= 11 is 0. The molecule has 0 unspecified atom stereocenters. The van der Waals surface area contributed by atoms with Crippen LogP contribution in [-0.2, 0) is 0 Å². The quantitative estimate of drug-likeness (QED) is 0.187. The van der Waals surface area contributed by atoms with Crippen LogP contribution in [0, 0.1) is 5.82 Å². The van der Waals surface area contributed by atoms with Gasteiger partial charge in [-0.15, -0.1) is 0 Å². The topological polar surface area (TPSA) is 99.6 Å². The number of ether oxygens (including phenoxy) is 1. The van der Waals surface area contributed by atoms with E-state index in [1.54, 1.807) is 19.5 Å². The second kappa shape index (κ2) is 12.0. The molecule has 194 valence electrons. The number of anilines is 6. The predicted molar refractivity (Wildman–Crippen MR) is 150 cm³/mol. The van der Waals surface area contributed by atoms with Crippen LogP contribution in [0.3, 0.4) is 0 Å². The molecule has 5 rings (SSSR count). The lowest BCUT2D eigenvalue weighted by molar-refractivity contribution is 0.415. The van der Waals surface area contributed by atoms with Gasteiger partial charge in [-0.1, -0.05) is 12.1 Å². The largest absolute Gasteiger partial charge is 0.497 e. The molecule has 0 bridgehead atoms. The van der Waals surface area contributed by atoms with Crippen LogP contribution >= 0.6 is 0 Å². The fourth-order valence-electron chi connectivity index (χ4n) is 4.16. The molecule has 0 amide bonds. The maximum Gasteiger partial charge on any atom is 0.245 e. The van der Waals surface area contributed by atoms with E-state index in [0.717, 1.165) is 60.9 Å². The first-order valence-corrected chi connectivity index (χ1v) is 12.5. The smallest absolute Gasteiger partial charge is 0.245 e. The Morgan fingerprint density at radius 2 is 1.61 bits per heavy atom. The van der Waals surface area contributed by atoms with Crippen LogP contribution in [0.5, 0.6) is 5.75 Å². The normalized spacial score (nSPS) is 13.4. The van der Waals surface area contributed by atoms with Gasteiger partial charge in [0.2, 0.25) is 5.95 Å². The van der Waals surface area contributed by atoms with E-state index < -0.39 is 5.82 Å². The summed E-state index contributed by atoms with van der Waals surface area (Å²) in [7, 11) is 1.65. The van der Waals surface area contributed by atoms with Crippen molar-refractivity contribution in [2.45, 2.75) is 19.3 Å². The van der Waals surface area contributed by atoms with Crippen LogP contribution in [-0.4, -0.2) is 41.4 Å². The number of benzene rings is 2. The fourth-order valence-corrected chi connectivity index (χ4v) is 4.16. The number of nitrogens with one attached hydrogen (secondary N) is 3. The molecule has 4 aromatic rings. The zero-order valence-electron chi connectivity index (χ0n) is 21.1.